The highest BCUT2D eigenvalue weighted by Crippen LogP contribution is 2.43. The number of unbranched alkanes of at least 4 members (excludes halogenated alkanes) is 30. The van der Waals surface area contributed by atoms with Gasteiger partial charge >= 0.3 is 13.8 Å². The van der Waals surface area contributed by atoms with Crippen LogP contribution in [0.25, 0.3) is 0 Å². The molecule has 0 heterocycles. The molecular formula is C42H86NO7P. The molecule has 9 heteroatoms. The Morgan fingerprint density at radius 1 is 0.510 bits per heavy atom. The first kappa shape index (κ1) is 50.5. The second kappa shape index (κ2) is 40.7. The van der Waals surface area contributed by atoms with Gasteiger partial charge in [-0.15, -0.1) is 0 Å². The minimum atomic E-state index is -4.26. The molecular weight excluding hydrogens is 661 g/mol. The van der Waals surface area contributed by atoms with Gasteiger partial charge in [0.2, 0.25) is 0 Å². The highest BCUT2D eigenvalue weighted by Gasteiger charge is 2.25. The van der Waals surface area contributed by atoms with E-state index in [-0.39, 0.29) is 32.3 Å². The summed E-state index contributed by atoms with van der Waals surface area (Å²) in [4.78, 5) is 22.4. The molecule has 51 heavy (non-hydrogen) atoms. The van der Waals surface area contributed by atoms with Crippen molar-refractivity contribution in [1.29, 1.82) is 0 Å². The predicted octanol–water partition coefficient (Wildman–Crippen LogP) is 12.9. The third kappa shape index (κ3) is 40.5. The quantitative estimate of drug-likeness (QED) is 0.0360. The van der Waals surface area contributed by atoms with E-state index in [9.17, 15) is 14.3 Å². The van der Waals surface area contributed by atoms with Crippen LogP contribution in [0.3, 0.4) is 0 Å². The molecule has 0 fully saturated rings. The van der Waals surface area contributed by atoms with Gasteiger partial charge in [0, 0.05) is 19.6 Å². The normalized spacial score (nSPS) is 13.4. The maximum atomic E-state index is 12.6. The van der Waals surface area contributed by atoms with E-state index in [4.69, 9.17) is 24.3 Å². The smallest absolute Gasteiger partial charge is 0.457 e. The molecule has 0 spiro atoms. The summed E-state index contributed by atoms with van der Waals surface area (Å²) in [5.74, 6) is -0.325. The molecule has 0 saturated carbocycles. The van der Waals surface area contributed by atoms with Crippen LogP contribution < -0.4 is 5.73 Å². The van der Waals surface area contributed by atoms with Crippen molar-refractivity contribution in [3.05, 3.63) is 0 Å². The molecule has 0 radical (unpaired) electrons. The average molecular weight is 748 g/mol. The second-order valence-electron chi connectivity index (χ2n) is 14.9. The number of rotatable bonds is 43. The van der Waals surface area contributed by atoms with E-state index >= 15 is 0 Å². The first-order valence-electron chi connectivity index (χ1n) is 22.0. The first-order chi connectivity index (χ1) is 24.9. The zero-order chi connectivity index (χ0) is 37.4. The highest BCUT2D eigenvalue weighted by molar-refractivity contribution is 7.47. The lowest BCUT2D eigenvalue weighted by atomic mass is 10.0. The summed E-state index contributed by atoms with van der Waals surface area (Å²) in [6.07, 6.45) is 41.3. The van der Waals surface area contributed by atoms with E-state index in [2.05, 4.69) is 13.8 Å². The number of hydrogen-bond acceptors (Lipinski definition) is 7. The molecule has 0 aliphatic heterocycles. The van der Waals surface area contributed by atoms with Gasteiger partial charge in [0.15, 0.2) is 0 Å². The van der Waals surface area contributed by atoms with Crippen molar-refractivity contribution in [3.63, 3.8) is 0 Å². The van der Waals surface area contributed by atoms with Gasteiger partial charge in [0.05, 0.1) is 19.8 Å². The van der Waals surface area contributed by atoms with Gasteiger partial charge in [-0.25, -0.2) is 4.57 Å². The second-order valence-corrected chi connectivity index (χ2v) is 16.4. The van der Waals surface area contributed by atoms with Crippen LogP contribution in [0, 0.1) is 0 Å². The molecule has 0 bridgehead atoms. The lowest BCUT2D eigenvalue weighted by Gasteiger charge is -2.20. The number of nitrogens with two attached hydrogens (primary N) is 1. The van der Waals surface area contributed by atoms with Crippen molar-refractivity contribution < 1.29 is 32.8 Å². The minimum Gasteiger partial charge on any atom is -0.457 e. The monoisotopic (exact) mass is 748 g/mol. The van der Waals surface area contributed by atoms with E-state index in [0.29, 0.717) is 13.0 Å². The summed E-state index contributed by atoms with van der Waals surface area (Å²) < 4.78 is 33.3. The Labute approximate surface area is 316 Å². The molecule has 0 saturated heterocycles. The number of ether oxygens (including phenoxy) is 2. The molecule has 2 unspecified atom stereocenters. The van der Waals surface area contributed by atoms with Gasteiger partial charge in [0.1, 0.15) is 6.10 Å². The number of hydrogen-bond donors (Lipinski definition) is 2. The molecule has 0 amide bonds. The third-order valence-corrected chi connectivity index (χ3v) is 10.8. The predicted molar refractivity (Wildman–Crippen MR) is 215 cm³/mol. The number of carbonyl (C=O) groups is 1. The lowest BCUT2D eigenvalue weighted by molar-refractivity contribution is -0.154. The van der Waals surface area contributed by atoms with Crippen molar-refractivity contribution in [2.45, 2.75) is 232 Å². The molecule has 306 valence electrons. The zero-order valence-corrected chi connectivity index (χ0v) is 34.8. The van der Waals surface area contributed by atoms with Crippen molar-refractivity contribution in [1.82, 2.24) is 0 Å². The summed E-state index contributed by atoms with van der Waals surface area (Å²) in [6.45, 7) is 4.96. The van der Waals surface area contributed by atoms with Crippen LogP contribution in [0.15, 0.2) is 0 Å². The summed E-state index contributed by atoms with van der Waals surface area (Å²) in [5.41, 5.74) is 5.36. The maximum Gasteiger partial charge on any atom is 0.472 e. The van der Waals surface area contributed by atoms with Crippen LogP contribution in [-0.2, 0) is 27.9 Å². The Morgan fingerprint density at radius 3 is 1.24 bits per heavy atom. The van der Waals surface area contributed by atoms with Crippen molar-refractivity contribution in [2.24, 2.45) is 5.73 Å². The van der Waals surface area contributed by atoms with Crippen molar-refractivity contribution in [3.8, 4) is 0 Å². The zero-order valence-electron chi connectivity index (χ0n) is 33.9. The fourth-order valence-electron chi connectivity index (χ4n) is 6.53. The van der Waals surface area contributed by atoms with E-state index < -0.39 is 13.9 Å². The van der Waals surface area contributed by atoms with E-state index in [1.54, 1.807) is 0 Å². The summed E-state index contributed by atoms with van der Waals surface area (Å²) in [6, 6.07) is 0. The van der Waals surface area contributed by atoms with Gasteiger partial charge in [0.25, 0.3) is 0 Å². The largest absolute Gasteiger partial charge is 0.472 e. The van der Waals surface area contributed by atoms with Crippen molar-refractivity contribution >= 4 is 13.8 Å². The average Bonchev–Trinajstić information content (AvgIpc) is 3.12. The molecule has 0 aliphatic carbocycles. The fourth-order valence-corrected chi connectivity index (χ4v) is 7.29. The Bertz CT molecular complexity index is 757. The van der Waals surface area contributed by atoms with E-state index in [1.807, 2.05) is 0 Å². The van der Waals surface area contributed by atoms with Gasteiger partial charge in [-0.3, -0.25) is 13.8 Å². The molecule has 0 rings (SSSR count). The van der Waals surface area contributed by atoms with Crippen LogP contribution in [0.2, 0.25) is 0 Å². The summed E-state index contributed by atoms with van der Waals surface area (Å²) in [7, 11) is -4.26. The van der Waals surface area contributed by atoms with Gasteiger partial charge in [-0.2, -0.15) is 0 Å². The SMILES string of the molecule is CCCCCCCCCCCCCCCCCCCCCCCCCC(=O)OC(COCCCCCCCCCCC)COP(=O)(O)OCCN. The highest BCUT2D eigenvalue weighted by atomic mass is 31.2. The Hall–Kier alpha value is -0.500. The van der Waals surface area contributed by atoms with Gasteiger partial charge in [-0.05, 0) is 12.8 Å². The van der Waals surface area contributed by atoms with E-state index in [1.165, 1.54) is 173 Å². The van der Waals surface area contributed by atoms with Crippen LogP contribution in [0.5, 0.6) is 0 Å². The van der Waals surface area contributed by atoms with Crippen LogP contribution in [-0.4, -0.2) is 49.9 Å². The lowest BCUT2D eigenvalue weighted by Crippen LogP contribution is -2.28. The Morgan fingerprint density at radius 2 is 0.863 bits per heavy atom. The van der Waals surface area contributed by atoms with Crippen LogP contribution in [0.4, 0.5) is 0 Å². The van der Waals surface area contributed by atoms with Crippen LogP contribution >= 0.6 is 7.82 Å². The maximum absolute atomic E-state index is 12.6. The van der Waals surface area contributed by atoms with Crippen molar-refractivity contribution in [2.75, 3.05) is 33.0 Å². The third-order valence-electron chi connectivity index (χ3n) is 9.77. The first-order valence-corrected chi connectivity index (χ1v) is 23.5. The number of phosphoric ester groups is 1. The molecule has 8 nitrogen and oxygen atoms in total. The van der Waals surface area contributed by atoms with Gasteiger partial charge < -0.3 is 20.1 Å². The number of phosphoric acid groups is 1. The summed E-state index contributed by atoms with van der Waals surface area (Å²) in [5, 5.41) is 0. The summed E-state index contributed by atoms with van der Waals surface area (Å²) >= 11 is 0. The molecule has 3 N–H and O–H groups in total. The van der Waals surface area contributed by atoms with Gasteiger partial charge in [-0.1, -0.05) is 206 Å². The fraction of sp³-hybridized carbons (Fsp3) is 0.976. The standard InChI is InChI=1S/C42H86NO7P/c1-3-5-7-9-11-13-14-15-16-17-18-19-20-21-22-23-24-25-26-27-29-31-33-35-42(44)50-41(40-49-51(45,46)48-38-36-43)39-47-37-34-32-30-28-12-10-8-6-4-2/h41H,3-40,43H2,1-2H3,(H,45,46). The topological polar surface area (TPSA) is 117 Å². The Balaban J connectivity index is 3.83. The van der Waals surface area contributed by atoms with E-state index in [0.717, 1.165) is 32.1 Å². The molecule has 0 aromatic rings. The molecule has 0 aromatic heterocycles. The molecule has 0 aliphatic rings. The number of esters is 1. The number of carbonyl (C=O) groups excluding carboxylic acids is 1. The molecule has 0 aromatic carbocycles. The minimum absolute atomic E-state index is 0.0904. The molecule has 2 atom stereocenters. The Kier molecular flexibility index (Phi) is 40.3. The van der Waals surface area contributed by atoms with Crippen LogP contribution in [0.1, 0.15) is 226 Å².